The fourth-order valence-corrected chi connectivity index (χ4v) is 7.99. The molecule has 13 heteroatoms. The Bertz CT molecular complexity index is 1870. The summed E-state index contributed by atoms with van der Waals surface area (Å²) in [5.41, 5.74) is 2.09. The molecule has 11 nitrogen and oxygen atoms in total. The normalized spacial score (nSPS) is 20.0. The lowest BCUT2D eigenvalue weighted by Crippen LogP contribution is -2.47. The van der Waals surface area contributed by atoms with Gasteiger partial charge < -0.3 is 23.8 Å². The van der Waals surface area contributed by atoms with Crippen LogP contribution >= 0.6 is 11.6 Å². The minimum Gasteiger partial charge on any atom is -0.444 e. The smallest absolute Gasteiger partial charge is 0.410 e. The number of rotatable bonds is 8. The standard InChI is InChI=1S/C33H46ClN7O4Si/c1-33(2,3)45-32(43)38(5)26-16-20-10-13-25(26)41(20)31-35-29-27(30(42)39(31)6)22(18-40(29)19-44-14-15-46(7,8)9)21-11-12-24-23(28(21)34)17-37(4)36-24/h11-12,17-18,20,25-26H,10,13-16,19H2,1-9H3/t20-,25+,26+/m1/s1. The van der Waals surface area contributed by atoms with Gasteiger partial charge in [-0.3, -0.25) is 14.0 Å². The summed E-state index contributed by atoms with van der Waals surface area (Å²) in [6, 6.07) is 5.03. The van der Waals surface area contributed by atoms with Crippen molar-refractivity contribution in [3.05, 3.63) is 39.9 Å². The molecule has 3 atom stereocenters. The number of amides is 1. The van der Waals surface area contributed by atoms with E-state index in [0.717, 1.165) is 41.8 Å². The first-order valence-corrected chi connectivity index (χ1v) is 20.2. The van der Waals surface area contributed by atoms with Crippen LogP contribution in [0.1, 0.15) is 40.0 Å². The van der Waals surface area contributed by atoms with E-state index in [0.29, 0.717) is 34.2 Å². The summed E-state index contributed by atoms with van der Waals surface area (Å²) in [5.74, 6) is 0.604. The molecular weight excluding hydrogens is 622 g/mol. The summed E-state index contributed by atoms with van der Waals surface area (Å²) in [5, 5.41) is 6.36. The molecule has 2 aliphatic rings. The Balaban J connectivity index is 1.43. The molecule has 2 fully saturated rings. The van der Waals surface area contributed by atoms with Crippen molar-refractivity contribution in [2.24, 2.45) is 14.1 Å². The summed E-state index contributed by atoms with van der Waals surface area (Å²) in [6.45, 7) is 13.5. The van der Waals surface area contributed by atoms with Crippen molar-refractivity contribution in [3.63, 3.8) is 0 Å². The Labute approximate surface area is 276 Å². The van der Waals surface area contributed by atoms with Gasteiger partial charge in [-0.05, 0) is 52.1 Å². The SMILES string of the molecule is CN(C(=O)OC(C)(C)C)[C@H]1C[C@H]2CC[C@@H]1N2c1nc2c(c(-c3ccc4nn(C)cc4c3Cl)cn2COCC[Si](C)(C)C)c(=O)n1C. The van der Waals surface area contributed by atoms with Gasteiger partial charge in [-0.2, -0.15) is 10.1 Å². The molecule has 1 amide bonds. The maximum Gasteiger partial charge on any atom is 0.410 e. The number of benzene rings is 1. The third kappa shape index (κ3) is 5.95. The Morgan fingerprint density at radius 3 is 2.57 bits per heavy atom. The third-order valence-electron chi connectivity index (χ3n) is 9.24. The van der Waals surface area contributed by atoms with Crippen LogP contribution in [-0.2, 0) is 30.3 Å². The zero-order valence-corrected chi connectivity index (χ0v) is 30.2. The van der Waals surface area contributed by atoms with Crippen molar-refractivity contribution in [1.29, 1.82) is 0 Å². The number of anilines is 1. The Hall–Kier alpha value is -3.35. The zero-order chi connectivity index (χ0) is 33.3. The molecule has 3 aromatic heterocycles. The van der Waals surface area contributed by atoms with Gasteiger partial charge >= 0.3 is 6.09 Å². The molecule has 5 heterocycles. The second-order valence-corrected chi connectivity index (χ2v) is 21.1. The van der Waals surface area contributed by atoms with Crippen molar-refractivity contribution in [3.8, 4) is 11.1 Å². The molecule has 6 rings (SSSR count). The number of carbonyl (C=O) groups is 1. The second kappa shape index (κ2) is 11.7. The highest BCUT2D eigenvalue weighted by atomic mass is 35.5. The van der Waals surface area contributed by atoms with Crippen molar-refractivity contribution < 1.29 is 14.3 Å². The summed E-state index contributed by atoms with van der Waals surface area (Å²) < 4.78 is 17.2. The van der Waals surface area contributed by atoms with E-state index in [-0.39, 0.29) is 36.5 Å². The average Bonchev–Trinajstić information content (AvgIpc) is 3.72. The number of ether oxygens (including phenoxy) is 2. The predicted molar refractivity (Wildman–Crippen MR) is 185 cm³/mol. The van der Waals surface area contributed by atoms with Gasteiger partial charge in [-0.1, -0.05) is 37.3 Å². The monoisotopic (exact) mass is 667 g/mol. The largest absolute Gasteiger partial charge is 0.444 e. The second-order valence-electron chi connectivity index (χ2n) is 15.1. The van der Waals surface area contributed by atoms with E-state index in [2.05, 4.69) is 29.6 Å². The van der Waals surface area contributed by atoms with E-state index in [1.807, 2.05) is 64.0 Å². The zero-order valence-electron chi connectivity index (χ0n) is 28.4. The predicted octanol–water partition coefficient (Wildman–Crippen LogP) is 6.23. The maximum atomic E-state index is 14.4. The number of hydrogen-bond acceptors (Lipinski definition) is 7. The van der Waals surface area contributed by atoms with Gasteiger partial charge in [0.1, 0.15) is 12.3 Å². The van der Waals surface area contributed by atoms with Crippen LogP contribution in [0.3, 0.4) is 0 Å². The van der Waals surface area contributed by atoms with Crippen molar-refractivity contribution >= 4 is 53.7 Å². The lowest BCUT2D eigenvalue weighted by molar-refractivity contribution is 0.0202. The van der Waals surface area contributed by atoms with Crippen LogP contribution in [0.4, 0.5) is 10.7 Å². The molecule has 4 aromatic rings. The first-order valence-electron chi connectivity index (χ1n) is 16.1. The van der Waals surface area contributed by atoms with Crippen LogP contribution in [0, 0.1) is 0 Å². The van der Waals surface area contributed by atoms with Crippen LogP contribution < -0.4 is 10.5 Å². The lowest BCUT2D eigenvalue weighted by atomic mass is 9.95. The topological polar surface area (TPSA) is 99.7 Å². The molecular formula is C33H46ClN7O4Si. The summed E-state index contributed by atoms with van der Waals surface area (Å²) in [7, 11) is 4.17. The van der Waals surface area contributed by atoms with E-state index in [1.165, 1.54) is 0 Å². The first-order chi connectivity index (χ1) is 21.5. The van der Waals surface area contributed by atoms with Crippen LogP contribution in [0.25, 0.3) is 33.1 Å². The van der Waals surface area contributed by atoms with Crippen LogP contribution in [0.5, 0.6) is 0 Å². The van der Waals surface area contributed by atoms with Crippen molar-refractivity contribution in [1.82, 2.24) is 28.8 Å². The number of fused-ring (bicyclic) bond motifs is 4. The Kier molecular flexibility index (Phi) is 8.30. The van der Waals surface area contributed by atoms with Crippen LogP contribution in [0.2, 0.25) is 30.7 Å². The summed E-state index contributed by atoms with van der Waals surface area (Å²) in [6.07, 6.45) is 6.17. The van der Waals surface area contributed by atoms with E-state index in [4.69, 9.17) is 26.1 Å². The van der Waals surface area contributed by atoms with Gasteiger partial charge in [-0.25, -0.2) is 4.79 Å². The molecule has 2 saturated heterocycles. The van der Waals surface area contributed by atoms with Gasteiger partial charge in [0.05, 0.1) is 28.0 Å². The molecule has 2 bridgehead atoms. The molecule has 0 spiro atoms. The van der Waals surface area contributed by atoms with E-state index in [1.54, 1.807) is 21.2 Å². The molecule has 0 saturated carbocycles. The Morgan fingerprint density at radius 1 is 1.13 bits per heavy atom. The van der Waals surface area contributed by atoms with E-state index in [9.17, 15) is 9.59 Å². The lowest BCUT2D eigenvalue weighted by Gasteiger charge is -2.33. The fraction of sp³-hybridized carbons (Fsp3) is 0.576. The van der Waals surface area contributed by atoms with Crippen LogP contribution in [-0.4, -0.2) is 80.3 Å². The Morgan fingerprint density at radius 2 is 1.87 bits per heavy atom. The number of carbonyl (C=O) groups excluding carboxylic acids is 1. The molecule has 0 N–H and O–H groups in total. The quantitative estimate of drug-likeness (QED) is 0.162. The number of hydrogen-bond donors (Lipinski definition) is 0. The fourth-order valence-electron chi connectivity index (χ4n) is 6.92. The number of aromatic nitrogens is 5. The summed E-state index contributed by atoms with van der Waals surface area (Å²) >= 11 is 6.99. The van der Waals surface area contributed by atoms with Gasteiger partial charge in [0.25, 0.3) is 5.56 Å². The van der Waals surface area contributed by atoms with Crippen LogP contribution in [0.15, 0.2) is 29.3 Å². The minimum atomic E-state index is -1.29. The number of halogens is 1. The molecule has 248 valence electrons. The van der Waals surface area contributed by atoms with E-state index >= 15 is 0 Å². The highest BCUT2D eigenvalue weighted by Gasteiger charge is 2.50. The van der Waals surface area contributed by atoms with Gasteiger partial charge in [-0.15, -0.1) is 0 Å². The molecule has 0 radical (unpaired) electrons. The molecule has 2 aliphatic heterocycles. The van der Waals surface area contributed by atoms with E-state index < -0.39 is 13.7 Å². The van der Waals surface area contributed by atoms with Gasteiger partial charge in [0.15, 0.2) is 5.65 Å². The van der Waals surface area contributed by atoms with Crippen molar-refractivity contribution in [2.45, 2.75) is 96.2 Å². The molecule has 0 unspecified atom stereocenters. The first kappa shape index (κ1) is 32.6. The summed E-state index contributed by atoms with van der Waals surface area (Å²) in [4.78, 5) is 36.6. The molecule has 1 aromatic carbocycles. The highest BCUT2D eigenvalue weighted by molar-refractivity contribution is 6.76. The maximum absolute atomic E-state index is 14.4. The number of aryl methyl sites for hydroxylation is 1. The highest BCUT2D eigenvalue weighted by Crippen LogP contribution is 2.43. The number of nitrogens with zero attached hydrogens (tertiary/aromatic N) is 7. The average molecular weight is 668 g/mol. The van der Waals surface area contributed by atoms with Gasteiger partial charge in [0, 0.05) is 70.8 Å². The molecule has 46 heavy (non-hydrogen) atoms. The number of likely N-dealkylation sites (N-methyl/N-ethyl adjacent to an activating group) is 1. The minimum absolute atomic E-state index is 0.0244. The van der Waals surface area contributed by atoms with Gasteiger partial charge in [0.2, 0.25) is 5.95 Å². The van der Waals surface area contributed by atoms with Crippen molar-refractivity contribution in [2.75, 3.05) is 18.6 Å². The third-order valence-corrected chi connectivity index (χ3v) is 11.4. The molecule has 0 aliphatic carbocycles.